The van der Waals surface area contributed by atoms with Crippen LogP contribution in [0.4, 0.5) is 15.9 Å². The van der Waals surface area contributed by atoms with Gasteiger partial charge in [0, 0.05) is 12.2 Å². The van der Waals surface area contributed by atoms with Gasteiger partial charge in [-0.3, -0.25) is 4.79 Å². The van der Waals surface area contributed by atoms with E-state index in [9.17, 15) is 9.18 Å². The minimum Gasteiger partial charge on any atom is -0.494 e. The Morgan fingerprint density at radius 3 is 2.37 bits per heavy atom. The third-order valence-electron chi connectivity index (χ3n) is 3.71. The number of hydrogen-bond donors (Lipinski definition) is 2. The van der Waals surface area contributed by atoms with Crippen LogP contribution in [0.1, 0.15) is 23.0 Å². The van der Waals surface area contributed by atoms with E-state index in [2.05, 4.69) is 20.8 Å². The monoisotopic (exact) mass is 366 g/mol. The van der Waals surface area contributed by atoms with Gasteiger partial charge in [0.15, 0.2) is 5.69 Å². The molecule has 1 aromatic heterocycles. The quantitative estimate of drug-likeness (QED) is 0.664. The van der Waals surface area contributed by atoms with Crippen molar-refractivity contribution >= 4 is 17.4 Å². The zero-order chi connectivity index (χ0) is 19.1. The Hall–Kier alpha value is -3.48. The highest BCUT2D eigenvalue weighted by molar-refractivity contribution is 6.02. The van der Waals surface area contributed by atoms with Gasteiger partial charge in [-0.05, 0) is 61.0 Å². The number of carbonyl (C=O) groups is 1. The first-order valence-electron chi connectivity index (χ1n) is 8.50. The first kappa shape index (κ1) is 18.3. The molecule has 2 aromatic carbocycles. The molecular weight excluding hydrogens is 347 g/mol. The number of amides is 1. The number of nitrogens with zero attached hydrogens (tertiary/aromatic N) is 2. The van der Waals surface area contributed by atoms with Crippen LogP contribution in [-0.4, -0.2) is 22.7 Å². The third-order valence-corrected chi connectivity index (χ3v) is 3.71. The van der Waals surface area contributed by atoms with Gasteiger partial charge in [0.05, 0.1) is 6.61 Å². The highest BCUT2D eigenvalue weighted by Gasteiger charge is 2.09. The second-order valence-electron chi connectivity index (χ2n) is 5.70. The number of halogens is 1. The fourth-order valence-electron chi connectivity index (χ4n) is 2.34. The van der Waals surface area contributed by atoms with Gasteiger partial charge in [-0.15, -0.1) is 10.2 Å². The molecule has 0 saturated heterocycles. The number of aromatic nitrogens is 2. The lowest BCUT2D eigenvalue weighted by Gasteiger charge is -2.08. The fourth-order valence-corrected chi connectivity index (χ4v) is 2.34. The van der Waals surface area contributed by atoms with E-state index in [1.165, 1.54) is 12.1 Å². The predicted octanol–water partition coefficient (Wildman–Crippen LogP) is 3.88. The van der Waals surface area contributed by atoms with Gasteiger partial charge in [-0.2, -0.15) is 0 Å². The van der Waals surface area contributed by atoms with E-state index in [-0.39, 0.29) is 17.4 Å². The first-order valence-corrected chi connectivity index (χ1v) is 8.50. The van der Waals surface area contributed by atoms with E-state index in [0.29, 0.717) is 24.7 Å². The van der Waals surface area contributed by atoms with Crippen LogP contribution >= 0.6 is 0 Å². The van der Waals surface area contributed by atoms with Gasteiger partial charge >= 0.3 is 0 Å². The molecule has 0 atom stereocenters. The van der Waals surface area contributed by atoms with Crippen molar-refractivity contribution in [2.24, 2.45) is 0 Å². The summed E-state index contributed by atoms with van der Waals surface area (Å²) in [6.07, 6.45) is 0. The zero-order valence-electron chi connectivity index (χ0n) is 14.8. The van der Waals surface area contributed by atoms with E-state index in [0.717, 1.165) is 11.3 Å². The van der Waals surface area contributed by atoms with Crippen LogP contribution in [0.2, 0.25) is 0 Å². The summed E-state index contributed by atoms with van der Waals surface area (Å²) in [4.78, 5) is 12.2. The summed E-state index contributed by atoms with van der Waals surface area (Å²) in [5.41, 5.74) is 1.76. The molecule has 0 saturated carbocycles. The number of nitrogens with one attached hydrogen (secondary N) is 2. The van der Waals surface area contributed by atoms with E-state index >= 15 is 0 Å². The van der Waals surface area contributed by atoms with Crippen molar-refractivity contribution < 1.29 is 13.9 Å². The number of rotatable bonds is 7. The highest BCUT2D eigenvalue weighted by Crippen LogP contribution is 2.16. The maximum absolute atomic E-state index is 12.9. The Bertz CT molecular complexity index is 881. The van der Waals surface area contributed by atoms with Gasteiger partial charge < -0.3 is 15.4 Å². The van der Waals surface area contributed by atoms with Gasteiger partial charge in [0.2, 0.25) is 0 Å². The fraction of sp³-hybridized carbons (Fsp3) is 0.150. The van der Waals surface area contributed by atoms with Crippen molar-refractivity contribution in [3.8, 4) is 5.75 Å². The maximum atomic E-state index is 12.9. The summed E-state index contributed by atoms with van der Waals surface area (Å²) in [6, 6.07) is 16.5. The number of carbonyl (C=O) groups excluding carboxylic acids is 1. The van der Waals surface area contributed by atoms with Crippen molar-refractivity contribution in [3.05, 3.63) is 77.7 Å². The molecule has 1 heterocycles. The van der Waals surface area contributed by atoms with Crippen molar-refractivity contribution in [3.63, 3.8) is 0 Å². The first-order chi connectivity index (χ1) is 13.1. The topological polar surface area (TPSA) is 76.1 Å². The largest absolute Gasteiger partial charge is 0.494 e. The molecule has 0 fully saturated rings. The molecule has 138 valence electrons. The second kappa shape index (κ2) is 8.75. The molecule has 6 nitrogen and oxygen atoms in total. The summed E-state index contributed by atoms with van der Waals surface area (Å²) in [7, 11) is 0. The lowest BCUT2D eigenvalue weighted by molar-refractivity contribution is 0.102. The molecular formula is C20H19FN4O2. The Kier molecular flexibility index (Phi) is 5.94. The molecule has 0 aliphatic carbocycles. The van der Waals surface area contributed by atoms with E-state index in [1.807, 2.05) is 6.92 Å². The van der Waals surface area contributed by atoms with Crippen LogP contribution in [0.3, 0.4) is 0 Å². The van der Waals surface area contributed by atoms with Crippen LogP contribution in [0.5, 0.6) is 5.75 Å². The van der Waals surface area contributed by atoms with E-state index in [1.54, 1.807) is 48.5 Å². The average molecular weight is 366 g/mol. The number of benzene rings is 2. The Morgan fingerprint density at radius 2 is 1.74 bits per heavy atom. The Balaban J connectivity index is 1.55. The molecule has 0 aliphatic heterocycles. The molecule has 3 rings (SSSR count). The van der Waals surface area contributed by atoms with E-state index in [4.69, 9.17) is 4.74 Å². The zero-order valence-corrected chi connectivity index (χ0v) is 14.8. The smallest absolute Gasteiger partial charge is 0.276 e. The Labute approximate surface area is 156 Å². The molecule has 1 amide bonds. The SMILES string of the molecule is CCOc1ccc(NC(=O)c2ccc(NCc3ccc(F)cc3)nn2)cc1. The van der Waals surface area contributed by atoms with E-state index < -0.39 is 0 Å². The van der Waals surface area contributed by atoms with Crippen LogP contribution in [0.15, 0.2) is 60.7 Å². The normalized spacial score (nSPS) is 10.3. The minimum atomic E-state index is -0.350. The maximum Gasteiger partial charge on any atom is 0.276 e. The highest BCUT2D eigenvalue weighted by atomic mass is 19.1. The summed E-state index contributed by atoms with van der Waals surface area (Å²) >= 11 is 0. The van der Waals surface area contributed by atoms with Crippen LogP contribution in [-0.2, 0) is 6.54 Å². The third kappa shape index (κ3) is 5.24. The molecule has 2 N–H and O–H groups in total. The molecule has 7 heteroatoms. The molecule has 0 aliphatic rings. The molecule has 3 aromatic rings. The van der Waals surface area contributed by atoms with Gasteiger partial charge in [-0.1, -0.05) is 12.1 Å². The van der Waals surface area contributed by atoms with Crippen molar-refractivity contribution in [1.29, 1.82) is 0 Å². The van der Waals surface area contributed by atoms with Crippen molar-refractivity contribution in [1.82, 2.24) is 10.2 Å². The van der Waals surface area contributed by atoms with Crippen LogP contribution in [0, 0.1) is 5.82 Å². The lowest BCUT2D eigenvalue weighted by atomic mass is 10.2. The molecule has 0 unspecified atom stereocenters. The average Bonchev–Trinajstić information content (AvgIpc) is 2.70. The second-order valence-corrected chi connectivity index (χ2v) is 5.70. The van der Waals surface area contributed by atoms with Crippen LogP contribution < -0.4 is 15.4 Å². The number of anilines is 2. The molecule has 0 spiro atoms. The van der Waals surface area contributed by atoms with Crippen LogP contribution in [0.25, 0.3) is 0 Å². The predicted molar refractivity (Wildman–Crippen MR) is 101 cm³/mol. The summed E-state index contributed by atoms with van der Waals surface area (Å²) in [5, 5.41) is 13.8. The standard InChI is InChI=1S/C20H19FN4O2/c1-2-27-17-9-7-16(8-10-17)23-20(26)18-11-12-19(25-24-18)22-13-14-3-5-15(21)6-4-14/h3-12H,2,13H2,1H3,(H,22,25)(H,23,26). The Morgan fingerprint density at radius 1 is 1.00 bits per heavy atom. The summed E-state index contributed by atoms with van der Waals surface area (Å²) in [5.74, 6) is 0.641. The lowest BCUT2D eigenvalue weighted by Crippen LogP contribution is -2.14. The number of hydrogen-bond acceptors (Lipinski definition) is 5. The molecule has 0 radical (unpaired) electrons. The van der Waals surface area contributed by atoms with Crippen molar-refractivity contribution in [2.75, 3.05) is 17.2 Å². The van der Waals surface area contributed by atoms with Gasteiger partial charge in [-0.25, -0.2) is 4.39 Å². The minimum absolute atomic E-state index is 0.205. The van der Waals surface area contributed by atoms with Crippen molar-refractivity contribution in [2.45, 2.75) is 13.5 Å². The molecule has 27 heavy (non-hydrogen) atoms. The number of ether oxygens (including phenoxy) is 1. The molecule has 0 bridgehead atoms. The van der Waals surface area contributed by atoms with Gasteiger partial charge in [0.1, 0.15) is 17.4 Å². The summed E-state index contributed by atoms with van der Waals surface area (Å²) < 4.78 is 18.3. The van der Waals surface area contributed by atoms with Gasteiger partial charge in [0.25, 0.3) is 5.91 Å². The summed E-state index contributed by atoms with van der Waals surface area (Å²) in [6.45, 7) is 2.97.